The van der Waals surface area contributed by atoms with Gasteiger partial charge in [-0.15, -0.1) is 0 Å². The van der Waals surface area contributed by atoms with Gasteiger partial charge >= 0.3 is 0 Å². The standard InChI is InChI=1S/C13H23ClN4O/c1-3-4-5-6-7-10(9(2)19)18-13-11(15)12(14)16-8-17-13/h8-10,19H,3-7,15H2,1-2H3,(H,16,17,18)/t9-,10+/m1/s1. The summed E-state index contributed by atoms with van der Waals surface area (Å²) in [6.45, 7) is 3.93. The van der Waals surface area contributed by atoms with E-state index in [1.54, 1.807) is 6.92 Å². The Balaban J connectivity index is 2.60. The smallest absolute Gasteiger partial charge is 0.157 e. The molecule has 2 atom stereocenters. The molecule has 0 aromatic carbocycles. The molecule has 1 aromatic rings. The normalized spacial score (nSPS) is 14.1. The topological polar surface area (TPSA) is 84.1 Å². The van der Waals surface area contributed by atoms with Gasteiger partial charge in [0, 0.05) is 0 Å². The molecule has 5 nitrogen and oxygen atoms in total. The molecule has 0 aliphatic heterocycles. The maximum absolute atomic E-state index is 9.81. The van der Waals surface area contributed by atoms with E-state index in [0.717, 1.165) is 12.8 Å². The fourth-order valence-electron chi connectivity index (χ4n) is 1.89. The summed E-state index contributed by atoms with van der Waals surface area (Å²) in [5, 5.41) is 13.2. The minimum Gasteiger partial charge on any atom is -0.393 e. The number of unbranched alkanes of at least 4 members (excludes halogenated alkanes) is 3. The van der Waals surface area contributed by atoms with Gasteiger partial charge in [0.05, 0.1) is 12.1 Å². The van der Waals surface area contributed by atoms with Crippen LogP contribution < -0.4 is 11.1 Å². The summed E-state index contributed by atoms with van der Waals surface area (Å²) >= 11 is 5.84. The Bertz CT molecular complexity index is 387. The van der Waals surface area contributed by atoms with E-state index in [2.05, 4.69) is 22.2 Å². The van der Waals surface area contributed by atoms with Gasteiger partial charge in [0.25, 0.3) is 0 Å². The molecule has 0 fully saturated rings. The molecule has 1 rings (SSSR count). The average molecular weight is 287 g/mol. The van der Waals surface area contributed by atoms with E-state index in [4.69, 9.17) is 17.3 Å². The molecular weight excluding hydrogens is 264 g/mol. The Hall–Kier alpha value is -1.07. The fourth-order valence-corrected chi connectivity index (χ4v) is 2.02. The average Bonchev–Trinajstić information content (AvgIpc) is 2.37. The minimum absolute atomic E-state index is 0.0786. The summed E-state index contributed by atoms with van der Waals surface area (Å²) in [6.07, 6.45) is 6.40. The lowest BCUT2D eigenvalue weighted by atomic mass is 10.0. The van der Waals surface area contributed by atoms with Crippen LogP contribution in [0, 0.1) is 0 Å². The zero-order chi connectivity index (χ0) is 14.3. The summed E-state index contributed by atoms with van der Waals surface area (Å²) < 4.78 is 0. The summed E-state index contributed by atoms with van der Waals surface area (Å²) in [4.78, 5) is 7.87. The predicted octanol–water partition coefficient (Wildman–Crippen LogP) is 2.84. The maximum Gasteiger partial charge on any atom is 0.157 e. The van der Waals surface area contributed by atoms with Crippen molar-refractivity contribution < 1.29 is 5.11 Å². The molecule has 1 aromatic heterocycles. The summed E-state index contributed by atoms with van der Waals surface area (Å²) in [5.41, 5.74) is 6.13. The second-order valence-electron chi connectivity index (χ2n) is 4.77. The van der Waals surface area contributed by atoms with Gasteiger partial charge in [-0.05, 0) is 13.3 Å². The van der Waals surface area contributed by atoms with Crippen LogP contribution in [0.4, 0.5) is 11.5 Å². The lowest BCUT2D eigenvalue weighted by molar-refractivity contribution is 0.165. The van der Waals surface area contributed by atoms with Crippen molar-refractivity contribution in [3.63, 3.8) is 0 Å². The zero-order valence-electron chi connectivity index (χ0n) is 11.6. The molecule has 0 bridgehead atoms. The molecule has 6 heteroatoms. The number of anilines is 2. The molecule has 0 saturated heterocycles. The lowest BCUT2D eigenvalue weighted by Gasteiger charge is -2.22. The monoisotopic (exact) mass is 286 g/mol. The number of aromatic nitrogens is 2. The molecule has 1 heterocycles. The second-order valence-corrected chi connectivity index (χ2v) is 5.13. The van der Waals surface area contributed by atoms with E-state index >= 15 is 0 Å². The highest BCUT2D eigenvalue weighted by Crippen LogP contribution is 2.24. The van der Waals surface area contributed by atoms with Gasteiger partial charge in [0.2, 0.25) is 0 Å². The van der Waals surface area contributed by atoms with E-state index in [0.29, 0.717) is 11.5 Å². The van der Waals surface area contributed by atoms with Crippen LogP contribution in [0.15, 0.2) is 6.33 Å². The van der Waals surface area contributed by atoms with E-state index in [1.807, 2.05) is 0 Å². The summed E-state index contributed by atoms with van der Waals surface area (Å²) in [7, 11) is 0. The van der Waals surface area contributed by atoms with Crippen LogP contribution in [0.25, 0.3) is 0 Å². The van der Waals surface area contributed by atoms with Crippen molar-refractivity contribution >= 4 is 23.1 Å². The zero-order valence-corrected chi connectivity index (χ0v) is 12.3. The van der Waals surface area contributed by atoms with Crippen molar-refractivity contribution in [3.05, 3.63) is 11.5 Å². The van der Waals surface area contributed by atoms with Gasteiger partial charge < -0.3 is 16.2 Å². The molecule has 0 amide bonds. The fraction of sp³-hybridized carbons (Fsp3) is 0.692. The third-order valence-corrected chi connectivity index (χ3v) is 3.41. The number of aliphatic hydroxyl groups is 1. The predicted molar refractivity (Wildman–Crippen MR) is 79.3 cm³/mol. The van der Waals surface area contributed by atoms with Crippen molar-refractivity contribution in [3.8, 4) is 0 Å². The Morgan fingerprint density at radius 2 is 2.11 bits per heavy atom. The van der Waals surface area contributed by atoms with E-state index in [-0.39, 0.29) is 11.2 Å². The van der Waals surface area contributed by atoms with Gasteiger partial charge in [0.1, 0.15) is 12.0 Å². The number of nitrogens with two attached hydrogens (primary N) is 1. The van der Waals surface area contributed by atoms with Crippen LogP contribution >= 0.6 is 11.6 Å². The Morgan fingerprint density at radius 1 is 1.37 bits per heavy atom. The molecule has 0 spiro atoms. The Labute approximate surface area is 119 Å². The van der Waals surface area contributed by atoms with Gasteiger partial charge in [-0.25, -0.2) is 9.97 Å². The lowest BCUT2D eigenvalue weighted by Crippen LogP contribution is -2.32. The van der Waals surface area contributed by atoms with Crippen molar-refractivity contribution in [1.29, 1.82) is 0 Å². The van der Waals surface area contributed by atoms with Crippen molar-refractivity contribution in [1.82, 2.24) is 9.97 Å². The summed E-state index contributed by atoms with van der Waals surface area (Å²) in [5.74, 6) is 0.487. The molecule has 0 aliphatic carbocycles. The Morgan fingerprint density at radius 3 is 2.74 bits per heavy atom. The number of rotatable bonds is 8. The first-order valence-corrected chi connectivity index (χ1v) is 7.14. The number of hydrogen-bond donors (Lipinski definition) is 3. The molecule has 0 radical (unpaired) electrons. The third-order valence-electron chi connectivity index (χ3n) is 3.11. The number of hydrogen-bond acceptors (Lipinski definition) is 5. The van der Waals surface area contributed by atoms with Crippen LogP contribution in [-0.4, -0.2) is 27.2 Å². The minimum atomic E-state index is -0.477. The molecule has 0 saturated carbocycles. The van der Waals surface area contributed by atoms with Crippen LogP contribution in [0.2, 0.25) is 5.15 Å². The molecule has 0 unspecified atom stereocenters. The van der Waals surface area contributed by atoms with Crippen LogP contribution in [0.5, 0.6) is 0 Å². The molecule has 19 heavy (non-hydrogen) atoms. The maximum atomic E-state index is 9.81. The first-order chi connectivity index (χ1) is 9.06. The largest absolute Gasteiger partial charge is 0.393 e. The van der Waals surface area contributed by atoms with Crippen LogP contribution in [-0.2, 0) is 0 Å². The molecular formula is C13H23ClN4O. The third kappa shape index (κ3) is 5.20. The van der Waals surface area contributed by atoms with Gasteiger partial charge in [0.15, 0.2) is 11.0 Å². The highest BCUT2D eigenvalue weighted by atomic mass is 35.5. The SMILES string of the molecule is CCCCCC[C@H](Nc1ncnc(Cl)c1N)[C@@H](C)O. The number of halogens is 1. The Kier molecular flexibility index (Phi) is 6.87. The number of nitrogens with zero attached hydrogens (tertiary/aromatic N) is 2. The van der Waals surface area contributed by atoms with E-state index in [1.165, 1.54) is 25.6 Å². The van der Waals surface area contributed by atoms with Crippen LogP contribution in [0.1, 0.15) is 46.0 Å². The van der Waals surface area contributed by atoms with Gasteiger partial charge in [-0.1, -0.05) is 44.2 Å². The number of nitrogen functional groups attached to an aromatic ring is 1. The quantitative estimate of drug-likeness (QED) is 0.505. The second kappa shape index (κ2) is 8.17. The van der Waals surface area contributed by atoms with Crippen molar-refractivity contribution in [2.45, 2.75) is 58.1 Å². The highest BCUT2D eigenvalue weighted by Gasteiger charge is 2.17. The first-order valence-electron chi connectivity index (χ1n) is 6.76. The van der Waals surface area contributed by atoms with E-state index < -0.39 is 6.10 Å². The molecule has 4 N–H and O–H groups in total. The highest BCUT2D eigenvalue weighted by molar-refractivity contribution is 6.32. The first kappa shape index (κ1) is 16.0. The molecule has 0 aliphatic rings. The van der Waals surface area contributed by atoms with E-state index in [9.17, 15) is 5.11 Å². The number of aliphatic hydroxyl groups excluding tert-OH is 1. The van der Waals surface area contributed by atoms with Crippen molar-refractivity contribution in [2.75, 3.05) is 11.1 Å². The van der Waals surface area contributed by atoms with Crippen molar-refractivity contribution in [2.24, 2.45) is 0 Å². The van der Waals surface area contributed by atoms with Gasteiger partial charge in [-0.2, -0.15) is 0 Å². The van der Waals surface area contributed by atoms with Crippen LogP contribution in [0.3, 0.4) is 0 Å². The number of nitrogens with one attached hydrogen (secondary N) is 1. The molecule has 108 valence electrons. The summed E-state index contributed by atoms with van der Waals surface area (Å²) in [6, 6.07) is -0.0786. The van der Waals surface area contributed by atoms with Gasteiger partial charge in [-0.3, -0.25) is 0 Å².